The lowest BCUT2D eigenvalue weighted by molar-refractivity contribution is 0.241. The zero-order valence-electron chi connectivity index (χ0n) is 8.33. The summed E-state index contributed by atoms with van der Waals surface area (Å²) >= 11 is 0. The predicted molar refractivity (Wildman–Crippen MR) is 53.2 cm³/mol. The monoisotopic (exact) mass is 179 g/mol. The van der Waals surface area contributed by atoms with E-state index in [-0.39, 0.29) is 6.10 Å². The van der Waals surface area contributed by atoms with Crippen LogP contribution in [0.25, 0.3) is 0 Å². The summed E-state index contributed by atoms with van der Waals surface area (Å²) in [5.41, 5.74) is 0.874. The van der Waals surface area contributed by atoms with Crippen molar-refractivity contribution in [2.24, 2.45) is 0 Å². The minimum Gasteiger partial charge on any atom is -0.496 e. The van der Waals surface area contributed by atoms with Gasteiger partial charge in [0.1, 0.15) is 11.5 Å². The summed E-state index contributed by atoms with van der Waals surface area (Å²) in [6, 6.07) is 5.63. The lowest BCUT2D eigenvalue weighted by Gasteiger charge is -2.11. The summed E-state index contributed by atoms with van der Waals surface area (Å²) in [6.45, 7) is 7.81. The maximum absolute atomic E-state index is 5.50. The molecular formula is C11H15O2. The highest BCUT2D eigenvalue weighted by molar-refractivity contribution is 5.42. The van der Waals surface area contributed by atoms with Gasteiger partial charge in [-0.3, -0.25) is 0 Å². The van der Waals surface area contributed by atoms with Gasteiger partial charge in [-0.1, -0.05) is 6.07 Å². The first-order valence-electron chi connectivity index (χ1n) is 4.30. The van der Waals surface area contributed by atoms with Crippen LogP contribution in [0.1, 0.15) is 19.4 Å². The normalized spacial score (nSPS) is 10.2. The smallest absolute Gasteiger partial charge is 0.125 e. The average Bonchev–Trinajstić information content (AvgIpc) is 2.07. The molecule has 0 fully saturated rings. The minimum absolute atomic E-state index is 0.181. The summed E-state index contributed by atoms with van der Waals surface area (Å²) in [5, 5.41) is 0. The largest absolute Gasteiger partial charge is 0.496 e. The zero-order chi connectivity index (χ0) is 9.84. The second-order valence-corrected chi connectivity index (χ2v) is 3.14. The number of hydrogen-bond acceptors (Lipinski definition) is 2. The van der Waals surface area contributed by atoms with Gasteiger partial charge in [0.15, 0.2) is 0 Å². The fourth-order valence-corrected chi connectivity index (χ4v) is 1.07. The summed E-state index contributed by atoms with van der Waals surface area (Å²) in [7, 11) is 1.63. The summed E-state index contributed by atoms with van der Waals surface area (Å²) in [6.07, 6.45) is 0.181. The third kappa shape index (κ3) is 2.65. The van der Waals surface area contributed by atoms with Crippen molar-refractivity contribution in [3.8, 4) is 11.5 Å². The van der Waals surface area contributed by atoms with E-state index in [9.17, 15) is 0 Å². The highest BCUT2D eigenvalue weighted by atomic mass is 16.5. The van der Waals surface area contributed by atoms with E-state index in [0.717, 1.165) is 17.1 Å². The molecule has 0 aliphatic rings. The molecule has 0 heterocycles. The Labute approximate surface area is 79.5 Å². The van der Waals surface area contributed by atoms with Crippen LogP contribution in [0.5, 0.6) is 11.5 Å². The van der Waals surface area contributed by atoms with Gasteiger partial charge in [-0.15, -0.1) is 0 Å². The van der Waals surface area contributed by atoms with Gasteiger partial charge in [0, 0.05) is 6.07 Å². The highest BCUT2D eigenvalue weighted by Crippen LogP contribution is 2.24. The Morgan fingerprint density at radius 2 is 2.00 bits per heavy atom. The van der Waals surface area contributed by atoms with Gasteiger partial charge in [-0.05, 0) is 32.4 Å². The number of hydrogen-bond donors (Lipinski definition) is 0. The van der Waals surface area contributed by atoms with Gasteiger partial charge < -0.3 is 9.47 Å². The standard InChI is InChI=1S/C11H15O2/c1-8(2)13-10-6-5-9(3)11(7-10)12-4/h5-8H,3H2,1-2,4H3. The Kier molecular flexibility index (Phi) is 3.18. The Morgan fingerprint density at radius 1 is 1.31 bits per heavy atom. The number of benzene rings is 1. The molecule has 0 aliphatic carbocycles. The van der Waals surface area contributed by atoms with Crippen molar-refractivity contribution in [3.05, 3.63) is 30.7 Å². The van der Waals surface area contributed by atoms with Crippen molar-refractivity contribution >= 4 is 0 Å². The van der Waals surface area contributed by atoms with E-state index in [2.05, 4.69) is 6.92 Å². The van der Waals surface area contributed by atoms with Gasteiger partial charge in [0.05, 0.1) is 13.2 Å². The van der Waals surface area contributed by atoms with Crippen LogP contribution in [-0.4, -0.2) is 13.2 Å². The van der Waals surface area contributed by atoms with E-state index in [4.69, 9.17) is 9.47 Å². The molecule has 1 radical (unpaired) electrons. The van der Waals surface area contributed by atoms with Crippen LogP contribution in [0.15, 0.2) is 18.2 Å². The van der Waals surface area contributed by atoms with Gasteiger partial charge in [-0.25, -0.2) is 0 Å². The SMILES string of the molecule is [CH2]c1ccc(OC(C)C)cc1OC. The fraction of sp³-hybridized carbons (Fsp3) is 0.364. The van der Waals surface area contributed by atoms with Crippen molar-refractivity contribution in [2.75, 3.05) is 7.11 Å². The van der Waals surface area contributed by atoms with Crippen LogP contribution >= 0.6 is 0 Å². The Balaban J connectivity index is 2.86. The van der Waals surface area contributed by atoms with E-state index in [1.165, 1.54) is 0 Å². The Hall–Kier alpha value is -1.18. The first-order chi connectivity index (χ1) is 6.13. The zero-order valence-corrected chi connectivity index (χ0v) is 8.33. The van der Waals surface area contributed by atoms with Crippen molar-refractivity contribution in [1.29, 1.82) is 0 Å². The van der Waals surface area contributed by atoms with Crippen LogP contribution in [-0.2, 0) is 0 Å². The second kappa shape index (κ2) is 4.17. The fourth-order valence-electron chi connectivity index (χ4n) is 1.07. The molecule has 0 saturated heterocycles. The first-order valence-corrected chi connectivity index (χ1v) is 4.30. The molecule has 0 unspecified atom stereocenters. The molecule has 0 spiro atoms. The predicted octanol–water partition coefficient (Wildman–Crippen LogP) is 2.66. The van der Waals surface area contributed by atoms with Gasteiger partial charge in [0.25, 0.3) is 0 Å². The topological polar surface area (TPSA) is 18.5 Å². The maximum Gasteiger partial charge on any atom is 0.125 e. The van der Waals surface area contributed by atoms with Crippen molar-refractivity contribution in [3.63, 3.8) is 0 Å². The number of methoxy groups -OCH3 is 1. The lowest BCUT2D eigenvalue weighted by Crippen LogP contribution is -2.05. The average molecular weight is 179 g/mol. The third-order valence-corrected chi connectivity index (χ3v) is 1.63. The van der Waals surface area contributed by atoms with Gasteiger partial charge >= 0.3 is 0 Å². The first kappa shape index (κ1) is 9.90. The van der Waals surface area contributed by atoms with E-state index < -0.39 is 0 Å². The van der Waals surface area contributed by atoms with Crippen LogP contribution in [0.2, 0.25) is 0 Å². The molecule has 71 valence electrons. The van der Waals surface area contributed by atoms with Gasteiger partial charge in [-0.2, -0.15) is 0 Å². The molecule has 1 aromatic carbocycles. The van der Waals surface area contributed by atoms with E-state index in [1.54, 1.807) is 7.11 Å². The Morgan fingerprint density at radius 3 is 2.54 bits per heavy atom. The highest BCUT2D eigenvalue weighted by Gasteiger charge is 2.02. The van der Waals surface area contributed by atoms with Crippen LogP contribution in [0, 0.1) is 6.92 Å². The van der Waals surface area contributed by atoms with Crippen LogP contribution in [0.4, 0.5) is 0 Å². The lowest BCUT2D eigenvalue weighted by atomic mass is 10.2. The molecule has 13 heavy (non-hydrogen) atoms. The molecule has 1 rings (SSSR count). The summed E-state index contributed by atoms with van der Waals surface area (Å²) in [5.74, 6) is 1.58. The molecular weight excluding hydrogens is 164 g/mol. The molecule has 0 aliphatic heterocycles. The molecule has 0 saturated carbocycles. The van der Waals surface area contributed by atoms with E-state index in [0.29, 0.717) is 0 Å². The van der Waals surface area contributed by atoms with Crippen LogP contribution < -0.4 is 9.47 Å². The molecule has 0 N–H and O–H groups in total. The summed E-state index contributed by atoms with van der Waals surface area (Å²) in [4.78, 5) is 0. The van der Waals surface area contributed by atoms with Crippen molar-refractivity contribution < 1.29 is 9.47 Å². The molecule has 0 bridgehead atoms. The Bertz CT molecular complexity index is 279. The van der Waals surface area contributed by atoms with Crippen molar-refractivity contribution in [2.45, 2.75) is 20.0 Å². The van der Waals surface area contributed by atoms with E-state index >= 15 is 0 Å². The van der Waals surface area contributed by atoms with E-state index in [1.807, 2.05) is 32.0 Å². The number of ether oxygens (including phenoxy) is 2. The summed E-state index contributed by atoms with van der Waals surface area (Å²) < 4.78 is 10.6. The third-order valence-electron chi connectivity index (χ3n) is 1.63. The molecule has 2 heteroatoms. The maximum atomic E-state index is 5.50. The molecule has 1 aromatic rings. The quantitative estimate of drug-likeness (QED) is 0.710. The molecule has 2 nitrogen and oxygen atoms in total. The molecule has 0 atom stereocenters. The number of rotatable bonds is 3. The second-order valence-electron chi connectivity index (χ2n) is 3.14. The molecule has 0 aromatic heterocycles. The van der Waals surface area contributed by atoms with Crippen molar-refractivity contribution in [1.82, 2.24) is 0 Å². The molecule has 0 amide bonds. The minimum atomic E-state index is 0.181. The van der Waals surface area contributed by atoms with Gasteiger partial charge in [0.2, 0.25) is 0 Å². The van der Waals surface area contributed by atoms with Crippen LogP contribution in [0.3, 0.4) is 0 Å².